The molecule has 112 valence electrons. The van der Waals surface area contributed by atoms with Crippen molar-refractivity contribution in [2.24, 2.45) is 0 Å². The Morgan fingerprint density at radius 1 is 1.40 bits per heavy atom. The first-order valence-electron chi connectivity index (χ1n) is 6.16. The van der Waals surface area contributed by atoms with E-state index in [-0.39, 0.29) is 30.5 Å². The van der Waals surface area contributed by atoms with Crippen LogP contribution in [0.5, 0.6) is 5.75 Å². The molecule has 7 nitrogen and oxygen atoms in total. The number of nitro benzene ring substituents is 1. The SMILES string of the molecule is Cl.O=[N+]([O-])c1ccc(O)cc1[C@@H](CO)N1CCNCC1. The monoisotopic (exact) mass is 303 g/mol. The summed E-state index contributed by atoms with van der Waals surface area (Å²) in [6.45, 7) is 2.76. The largest absolute Gasteiger partial charge is 0.508 e. The zero-order valence-corrected chi connectivity index (χ0v) is 11.7. The van der Waals surface area contributed by atoms with Crippen LogP contribution in [0.25, 0.3) is 0 Å². The molecule has 1 aliphatic heterocycles. The number of rotatable bonds is 4. The topological polar surface area (TPSA) is 98.9 Å². The molecule has 0 amide bonds. The highest BCUT2D eigenvalue weighted by Crippen LogP contribution is 2.32. The number of phenolic OH excluding ortho intramolecular Hbond substituents is 1. The van der Waals surface area contributed by atoms with Gasteiger partial charge >= 0.3 is 0 Å². The van der Waals surface area contributed by atoms with Crippen LogP contribution in [0.1, 0.15) is 11.6 Å². The first-order chi connectivity index (χ1) is 9.13. The Bertz CT molecular complexity index is 466. The Balaban J connectivity index is 0.00000200. The third-order valence-corrected chi connectivity index (χ3v) is 3.33. The summed E-state index contributed by atoms with van der Waals surface area (Å²) >= 11 is 0. The van der Waals surface area contributed by atoms with Crippen molar-refractivity contribution in [3.8, 4) is 5.75 Å². The van der Waals surface area contributed by atoms with Gasteiger partial charge in [0.15, 0.2) is 0 Å². The molecule has 1 heterocycles. The summed E-state index contributed by atoms with van der Waals surface area (Å²) in [5, 5.41) is 33.3. The number of halogens is 1. The van der Waals surface area contributed by atoms with E-state index in [0.717, 1.165) is 13.1 Å². The number of aliphatic hydroxyl groups excluding tert-OH is 1. The third kappa shape index (κ3) is 3.57. The van der Waals surface area contributed by atoms with E-state index >= 15 is 0 Å². The number of phenols is 1. The van der Waals surface area contributed by atoms with Gasteiger partial charge in [0.05, 0.1) is 23.1 Å². The van der Waals surface area contributed by atoms with E-state index in [9.17, 15) is 20.3 Å². The lowest BCUT2D eigenvalue weighted by Crippen LogP contribution is -2.46. The second-order valence-corrected chi connectivity index (χ2v) is 4.48. The molecule has 0 spiro atoms. The number of nitrogens with zero attached hydrogens (tertiary/aromatic N) is 2. The van der Waals surface area contributed by atoms with Crippen LogP contribution >= 0.6 is 12.4 Å². The molecule has 0 aliphatic carbocycles. The summed E-state index contributed by atoms with van der Waals surface area (Å²) in [5.41, 5.74) is 0.282. The van der Waals surface area contributed by atoms with Gasteiger partial charge in [0.1, 0.15) is 5.75 Å². The van der Waals surface area contributed by atoms with Gasteiger partial charge in [-0.3, -0.25) is 15.0 Å². The van der Waals surface area contributed by atoms with Crippen molar-refractivity contribution in [3.63, 3.8) is 0 Å². The molecule has 1 aliphatic rings. The fourth-order valence-electron chi connectivity index (χ4n) is 2.38. The minimum atomic E-state index is -0.486. The van der Waals surface area contributed by atoms with Gasteiger partial charge in [-0.05, 0) is 12.1 Å². The Hall–Kier alpha value is -1.41. The number of nitrogens with one attached hydrogen (secondary N) is 1. The van der Waals surface area contributed by atoms with Crippen LogP contribution in [0.15, 0.2) is 18.2 Å². The summed E-state index contributed by atoms with van der Waals surface area (Å²) in [7, 11) is 0. The quantitative estimate of drug-likeness (QED) is 0.558. The first-order valence-corrected chi connectivity index (χ1v) is 6.16. The van der Waals surface area contributed by atoms with Gasteiger partial charge < -0.3 is 15.5 Å². The van der Waals surface area contributed by atoms with E-state index < -0.39 is 11.0 Å². The molecule has 3 N–H and O–H groups in total. The molecule has 1 atom stereocenters. The molecule has 20 heavy (non-hydrogen) atoms. The molecule has 0 aromatic heterocycles. The van der Waals surface area contributed by atoms with Crippen molar-refractivity contribution in [2.45, 2.75) is 6.04 Å². The summed E-state index contributed by atoms with van der Waals surface area (Å²) in [6.07, 6.45) is 0. The Morgan fingerprint density at radius 2 is 2.05 bits per heavy atom. The normalized spacial score (nSPS) is 17.2. The van der Waals surface area contributed by atoms with Gasteiger partial charge in [-0.1, -0.05) is 0 Å². The van der Waals surface area contributed by atoms with Crippen LogP contribution in [0.4, 0.5) is 5.69 Å². The molecule has 0 radical (unpaired) electrons. The van der Waals surface area contributed by atoms with Crippen LogP contribution in [0, 0.1) is 10.1 Å². The van der Waals surface area contributed by atoms with Crippen LogP contribution in [-0.4, -0.2) is 52.8 Å². The number of hydrogen-bond acceptors (Lipinski definition) is 6. The number of hydrogen-bond donors (Lipinski definition) is 3. The predicted molar refractivity (Wildman–Crippen MR) is 76.3 cm³/mol. The van der Waals surface area contributed by atoms with E-state index in [1.54, 1.807) is 0 Å². The molecule has 8 heteroatoms. The maximum absolute atomic E-state index is 11.0. The van der Waals surface area contributed by atoms with Crippen LogP contribution < -0.4 is 5.32 Å². The fraction of sp³-hybridized carbons (Fsp3) is 0.500. The van der Waals surface area contributed by atoms with Crippen molar-refractivity contribution in [1.82, 2.24) is 10.2 Å². The fourth-order valence-corrected chi connectivity index (χ4v) is 2.38. The van der Waals surface area contributed by atoms with Gasteiger partial charge in [0, 0.05) is 32.2 Å². The summed E-state index contributed by atoms with van der Waals surface area (Å²) in [4.78, 5) is 12.5. The molecule has 0 saturated carbocycles. The molecule has 1 fully saturated rings. The van der Waals surface area contributed by atoms with E-state index in [2.05, 4.69) is 5.32 Å². The Kier molecular flexibility index (Phi) is 6.15. The number of aliphatic hydroxyl groups is 1. The average molecular weight is 304 g/mol. The molecule has 1 aromatic rings. The number of nitro groups is 1. The van der Waals surface area contributed by atoms with Gasteiger partial charge in [0.25, 0.3) is 5.69 Å². The lowest BCUT2D eigenvalue weighted by molar-refractivity contribution is -0.386. The van der Waals surface area contributed by atoms with Crippen molar-refractivity contribution in [2.75, 3.05) is 32.8 Å². The number of aromatic hydroxyl groups is 1. The second kappa shape index (κ2) is 7.39. The summed E-state index contributed by atoms with van der Waals surface area (Å²) in [6, 6.07) is 3.46. The lowest BCUT2D eigenvalue weighted by atomic mass is 10.0. The van der Waals surface area contributed by atoms with E-state index in [1.807, 2.05) is 4.90 Å². The highest BCUT2D eigenvalue weighted by atomic mass is 35.5. The molecular weight excluding hydrogens is 286 g/mol. The summed E-state index contributed by atoms with van der Waals surface area (Å²) in [5.74, 6) is -0.0332. The molecular formula is C12H18ClN3O4. The van der Waals surface area contributed by atoms with E-state index in [1.165, 1.54) is 18.2 Å². The van der Waals surface area contributed by atoms with Gasteiger partial charge in [-0.15, -0.1) is 12.4 Å². The lowest BCUT2D eigenvalue weighted by Gasteiger charge is -2.33. The predicted octanol–water partition coefficient (Wildman–Crippen LogP) is 0.661. The molecule has 2 rings (SSSR count). The maximum Gasteiger partial charge on any atom is 0.274 e. The van der Waals surface area contributed by atoms with Crippen LogP contribution in [0.2, 0.25) is 0 Å². The minimum Gasteiger partial charge on any atom is -0.508 e. The zero-order chi connectivity index (χ0) is 13.8. The van der Waals surface area contributed by atoms with Crippen molar-refractivity contribution in [1.29, 1.82) is 0 Å². The van der Waals surface area contributed by atoms with E-state index in [4.69, 9.17) is 0 Å². The van der Waals surface area contributed by atoms with Crippen molar-refractivity contribution < 1.29 is 15.1 Å². The first kappa shape index (κ1) is 16.6. The molecule has 1 saturated heterocycles. The standard InChI is InChI=1S/C12H17N3O4.ClH/c16-8-12(14-5-3-13-4-6-14)10-7-9(17)1-2-11(10)15(18)19;/h1-2,7,12-13,16-17H,3-6,8H2;1H/t12-;/m1./s1. The third-order valence-electron chi connectivity index (χ3n) is 3.33. The smallest absolute Gasteiger partial charge is 0.274 e. The second-order valence-electron chi connectivity index (χ2n) is 4.48. The molecule has 0 unspecified atom stereocenters. The highest BCUT2D eigenvalue weighted by molar-refractivity contribution is 5.85. The molecule has 0 bridgehead atoms. The number of piperazine rings is 1. The zero-order valence-electron chi connectivity index (χ0n) is 10.9. The van der Waals surface area contributed by atoms with Gasteiger partial charge in [-0.2, -0.15) is 0 Å². The minimum absolute atomic E-state index is 0. The highest BCUT2D eigenvalue weighted by Gasteiger charge is 2.28. The Morgan fingerprint density at radius 3 is 2.60 bits per heavy atom. The van der Waals surface area contributed by atoms with Gasteiger partial charge in [-0.25, -0.2) is 0 Å². The maximum atomic E-state index is 11.0. The molecule has 1 aromatic carbocycles. The van der Waals surface area contributed by atoms with Crippen molar-refractivity contribution >= 4 is 18.1 Å². The van der Waals surface area contributed by atoms with Crippen molar-refractivity contribution in [3.05, 3.63) is 33.9 Å². The van der Waals surface area contributed by atoms with Crippen LogP contribution in [-0.2, 0) is 0 Å². The summed E-state index contributed by atoms with van der Waals surface area (Å²) < 4.78 is 0. The van der Waals surface area contributed by atoms with E-state index in [0.29, 0.717) is 18.7 Å². The Labute approximate surface area is 122 Å². The number of benzene rings is 1. The van der Waals surface area contributed by atoms with Crippen LogP contribution in [0.3, 0.4) is 0 Å². The van der Waals surface area contributed by atoms with Gasteiger partial charge in [0.2, 0.25) is 0 Å². The average Bonchev–Trinajstić information content (AvgIpc) is 2.40.